The maximum atomic E-state index is 5.84. The Bertz CT molecular complexity index is 290. The first kappa shape index (κ1) is 11.2. The summed E-state index contributed by atoms with van der Waals surface area (Å²) < 4.78 is 0. The summed E-state index contributed by atoms with van der Waals surface area (Å²) in [6, 6.07) is 0.424. The van der Waals surface area contributed by atoms with Crippen LogP contribution in [-0.2, 0) is 0 Å². The van der Waals surface area contributed by atoms with Crippen molar-refractivity contribution in [3.05, 3.63) is 17.5 Å². The molecule has 1 unspecified atom stereocenters. The Hall–Kier alpha value is -0.870. The molecule has 78 valence electrons. The molecule has 1 aromatic rings. The molecule has 0 amide bonds. The number of nitrogens with one attached hydrogen (secondary N) is 1. The number of hydrogen-bond donors (Lipinski definition) is 1. The zero-order chi connectivity index (χ0) is 10.6. The first-order valence-electron chi connectivity index (χ1n) is 4.48. The van der Waals surface area contributed by atoms with Crippen molar-refractivity contribution in [3.8, 4) is 0 Å². The molecule has 1 N–H and O–H groups in total. The van der Waals surface area contributed by atoms with E-state index < -0.39 is 0 Å². The largest absolute Gasteiger partial charge is 0.366 e. The summed E-state index contributed by atoms with van der Waals surface area (Å²) in [4.78, 5) is 10.1. The Morgan fingerprint density at radius 1 is 1.43 bits per heavy atom. The molecule has 0 aromatic carbocycles. The van der Waals surface area contributed by atoms with Gasteiger partial charge in [0.15, 0.2) is 11.0 Å². The standard InChI is InChI=1S/C9H15ClN4/c1-7(14(2)3)6-13-9-8(10)11-4-5-12-9/h4-5,7H,6H2,1-3H3,(H,12,13). The quantitative estimate of drug-likeness (QED) is 0.825. The number of likely N-dealkylation sites (N-methyl/N-ethyl adjacent to an activating group) is 1. The van der Waals surface area contributed by atoms with E-state index in [-0.39, 0.29) is 0 Å². The zero-order valence-electron chi connectivity index (χ0n) is 8.66. The topological polar surface area (TPSA) is 41.1 Å². The monoisotopic (exact) mass is 214 g/mol. The van der Waals surface area contributed by atoms with E-state index in [0.29, 0.717) is 17.0 Å². The van der Waals surface area contributed by atoms with Crippen LogP contribution in [0.15, 0.2) is 12.4 Å². The second kappa shape index (κ2) is 5.12. The van der Waals surface area contributed by atoms with Crippen LogP contribution in [0.3, 0.4) is 0 Å². The summed E-state index contributed by atoms with van der Waals surface area (Å²) in [7, 11) is 4.06. The first-order chi connectivity index (χ1) is 6.61. The van der Waals surface area contributed by atoms with E-state index in [0.717, 1.165) is 6.54 Å². The maximum Gasteiger partial charge on any atom is 0.171 e. The highest BCUT2D eigenvalue weighted by molar-refractivity contribution is 6.31. The smallest absolute Gasteiger partial charge is 0.171 e. The number of nitrogens with zero attached hydrogens (tertiary/aromatic N) is 3. The Kier molecular flexibility index (Phi) is 4.10. The van der Waals surface area contributed by atoms with Gasteiger partial charge in [-0.25, -0.2) is 9.97 Å². The van der Waals surface area contributed by atoms with E-state index in [9.17, 15) is 0 Å². The Morgan fingerprint density at radius 3 is 2.64 bits per heavy atom. The van der Waals surface area contributed by atoms with Gasteiger partial charge >= 0.3 is 0 Å². The highest BCUT2D eigenvalue weighted by Gasteiger charge is 2.06. The molecule has 14 heavy (non-hydrogen) atoms. The van der Waals surface area contributed by atoms with Gasteiger partial charge in [0.2, 0.25) is 0 Å². The van der Waals surface area contributed by atoms with E-state index >= 15 is 0 Å². The minimum Gasteiger partial charge on any atom is -0.366 e. The minimum atomic E-state index is 0.415. The number of rotatable bonds is 4. The van der Waals surface area contributed by atoms with Gasteiger partial charge in [0.25, 0.3) is 0 Å². The number of hydrogen-bond acceptors (Lipinski definition) is 4. The molecule has 0 spiro atoms. The fourth-order valence-electron chi connectivity index (χ4n) is 0.867. The van der Waals surface area contributed by atoms with Gasteiger partial charge in [-0.15, -0.1) is 0 Å². The van der Waals surface area contributed by atoms with Gasteiger partial charge in [0, 0.05) is 25.0 Å². The lowest BCUT2D eigenvalue weighted by molar-refractivity contribution is 0.326. The summed E-state index contributed by atoms with van der Waals surface area (Å²) >= 11 is 5.84. The molecular weight excluding hydrogens is 200 g/mol. The van der Waals surface area contributed by atoms with Crippen LogP contribution in [0.4, 0.5) is 5.82 Å². The minimum absolute atomic E-state index is 0.415. The molecule has 0 aliphatic rings. The van der Waals surface area contributed by atoms with Crippen molar-refractivity contribution in [2.45, 2.75) is 13.0 Å². The molecule has 0 aliphatic carbocycles. The van der Waals surface area contributed by atoms with Crippen molar-refractivity contribution >= 4 is 17.4 Å². The van der Waals surface area contributed by atoms with Crippen LogP contribution in [0.2, 0.25) is 5.15 Å². The van der Waals surface area contributed by atoms with Crippen molar-refractivity contribution in [1.82, 2.24) is 14.9 Å². The molecule has 1 atom stereocenters. The lowest BCUT2D eigenvalue weighted by Gasteiger charge is -2.20. The molecule has 0 saturated heterocycles. The van der Waals surface area contributed by atoms with Gasteiger partial charge in [-0.05, 0) is 21.0 Å². The summed E-state index contributed by atoms with van der Waals surface area (Å²) in [6.07, 6.45) is 3.19. The van der Waals surface area contributed by atoms with Gasteiger partial charge in [-0.2, -0.15) is 0 Å². The lowest BCUT2D eigenvalue weighted by atomic mass is 10.3. The predicted molar refractivity (Wildman–Crippen MR) is 58.7 cm³/mol. The lowest BCUT2D eigenvalue weighted by Crippen LogP contribution is -2.31. The van der Waals surface area contributed by atoms with E-state index in [1.807, 2.05) is 14.1 Å². The maximum absolute atomic E-state index is 5.84. The molecule has 0 fully saturated rings. The van der Waals surface area contributed by atoms with E-state index in [4.69, 9.17) is 11.6 Å². The fraction of sp³-hybridized carbons (Fsp3) is 0.556. The summed E-state index contributed by atoms with van der Waals surface area (Å²) in [5.74, 6) is 0.642. The molecular formula is C9H15ClN4. The number of aromatic nitrogens is 2. The van der Waals surface area contributed by atoms with Gasteiger partial charge in [-0.3, -0.25) is 0 Å². The SMILES string of the molecule is CC(CNc1nccnc1Cl)N(C)C. The predicted octanol–water partition coefficient (Wildman–Crippen LogP) is 1.49. The molecule has 0 bridgehead atoms. The Morgan fingerprint density at radius 2 is 2.07 bits per heavy atom. The van der Waals surface area contributed by atoms with Gasteiger partial charge in [0.1, 0.15) is 0 Å². The van der Waals surface area contributed by atoms with E-state index in [2.05, 4.69) is 27.1 Å². The Labute approximate surface area is 89.3 Å². The highest BCUT2D eigenvalue weighted by atomic mass is 35.5. The molecule has 4 nitrogen and oxygen atoms in total. The van der Waals surface area contributed by atoms with Crippen LogP contribution in [0.5, 0.6) is 0 Å². The van der Waals surface area contributed by atoms with Gasteiger partial charge in [-0.1, -0.05) is 11.6 Å². The molecule has 0 saturated carbocycles. The number of anilines is 1. The van der Waals surface area contributed by atoms with Crippen molar-refractivity contribution in [2.24, 2.45) is 0 Å². The van der Waals surface area contributed by atoms with Crippen LogP contribution >= 0.6 is 11.6 Å². The second-order valence-electron chi connectivity index (χ2n) is 3.39. The molecule has 1 heterocycles. The van der Waals surface area contributed by atoms with Crippen LogP contribution < -0.4 is 5.32 Å². The zero-order valence-corrected chi connectivity index (χ0v) is 9.41. The summed E-state index contributed by atoms with van der Waals surface area (Å²) in [6.45, 7) is 2.92. The van der Waals surface area contributed by atoms with Crippen molar-refractivity contribution in [2.75, 3.05) is 26.0 Å². The molecule has 1 rings (SSSR count). The van der Waals surface area contributed by atoms with Gasteiger partial charge in [0.05, 0.1) is 0 Å². The molecule has 0 aliphatic heterocycles. The van der Waals surface area contributed by atoms with Crippen molar-refractivity contribution in [3.63, 3.8) is 0 Å². The third kappa shape index (κ3) is 3.12. The van der Waals surface area contributed by atoms with E-state index in [1.54, 1.807) is 12.4 Å². The van der Waals surface area contributed by atoms with Crippen LogP contribution in [-0.4, -0.2) is 41.5 Å². The highest BCUT2D eigenvalue weighted by Crippen LogP contribution is 2.13. The van der Waals surface area contributed by atoms with Crippen LogP contribution in [0, 0.1) is 0 Å². The second-order valence-corrected chi connectivity index (χ2v) is 3.75. The van der Waals surface area contributed by atoms with Crippen molar-refractivity contribution < 1.29 is 0 Å². The normalized spacial score (nSPS) is 12.9. The van der Waals surface area contributed by atoms with Crippen molar-refractivity contribution in [1.29, 1.82) is 0 Å². The summed E-state index contributed by atoms with van der Waals surface area (Å²) in [5.41, 5.74) is 0. The van der Waals surface area contributed by atoms with Crippen LogP contribution in [0.1, 0.15) is 6.92 Å². The average molecular weight is 215 g/mol. The molecule has 0 radical (unpaired) electrons. The Balaban J connectivity index is 2.50. The molecule has 1 aromatic heterocycles. The first-order valence-corrected chi connectivity index (χ1v) is 4.86. The van der Waals surface area contributed by atoms with E-state index in [1.165, 1.54) is 0 Å². The fourth-order valence-corrected chi connectivity index (χ4v) is 1.04. The van der Waals surface area contributed by atoms with Crippen LogP contribution in [0.25, 0.3) is 0 Å². The third-order valence-corrected chi connectivity index (χ3v) is 2.38. The molecule has 5 heteroatoms. The number of halogens is 1. The third-order valence-electron chi connectivity index (χ3n) is 2.10. The average Bonchev–Trinajstić information content (AvgIpc) is 2.16. The summed E-state index contributed by atoms with van der Waals surface area (Å²) in [5, 5.41) is 3.56. The van der Waals surface area contributed by atoms with Gasteiger partial charge < -0.3 is 10.2 Å².